The molecule has 0 unspecified atom stereocenters. The van der Waals surface area contributed by atoms with Gasteiger partial charge in [-0.3, -0.25) is 0 Å². The number of hydrogen-bond donors (Lipinski definition) is 2. The molecule has 0 radical (unpaired) electrons. The number of aliphatic hydroxyl groups is 1. The second-order valence-corrected chi connectivity index (χ2v) is 3.03. The van der Waals surface area contributed by atoms with Crippen LogP contribution in [0.3, 0.4) is 0 Å². The molecule has 1 aromatic heterocycles. The highest BCUT2D eigenvalue weighted by atomic mass is 16.3. The Morgan fingerprint density at radius 3 is 3.07 bits per heavy atom. The van der Waals surface area contributed by atoms with Crippen LogP contribution in [0.15, 0.2) is 18.2 Å². The fourth-order valence-corrected chi connectivity index (χ4v) is 1.37. The molecular formula is C10H9N3O. The lowest BCUT2D eigenvalue weighted by atomic mass is 10.2. The smallest absolute Gasteiger partial charge is 0.121 e. The first kappa shape index (κ1) is 8.73. The zero-order chi connectivity index (χ0) is 9.97. The van der Waals surface area contributed by atoms with Gasteiger partial charge in [0.1, 0.15) is 5.82 Å². The molecule has 2 aromatic rings. The van der Waals surface area contributed by atoms with Crippen LogP contribution in [0, 0.1) is 11.3 Å². The summed E-state index contributed by atoms with van der Waals surface area (Å²) in [6.45, 7) is 0.0164. The predicted molar refractivity (Wildman–Crippen MR) is 51.3 cm³/mol. The Morgan fingerprint density at radius 2 is 2.36 bits per heavy atom. The van der Waals surface area contributed by atoms with Gasteiger partial charge < -0.3 is 10.1 Å². The third-order valence-corrected chi connectivity index (χ3v) is 2.02. The number of nitrogens with zero attached hydrogens (tertiary/aromatic N) is 2. The van der Waals surface area contributed by atoms with Crippen molar-refractivity contribution < 1.29 is 5.11 Å². The molecular weight excluding hydrogens is 178 g/mol. The molecule has 0 saturated heterocycles. The Bertz CT molecular complexity index is 496. The number of rotatable bonds is 2. The van der Waals surface area contributed by atoms with Gasteiger partial charge in [0, 0.05) is 0 Å². The van der Waals surface area contributed by atoms with Gasteiger partial charge in [-0.05, 0) is 17.7 Å². The summed E-state index contributed by atoms with van der Waals surface area (Å²) in [6, 6.07) is 7.52. The molecule has 2 N–H and O–H groups in total. The number of nitriles is 1. The van der Waals surface area contributed by atoms with Gasteiger partial charge in [0.2, 0.25) is 0 Å². The number of aromatic amines is 1. The molecule has 0 aliphatic carbocycles. The molecule has 0 aliphatic rings. The zero-order valence-corrected chi connectivity index (χ0v) is 7.49. The number of nitrogens with one attached hydrogen (secondary N) is 1. The highest BCUT2D eigenvalue weighted by Crippen LogP contribution is 2.13. The van der Waals surface area contributed by atoms with Gasteiger partial charge in [0.05, 0.1) is 30.1 Å². The van der Waals surface area contributed by atoms with E-state index in [4.69, 9.17) is 10.4 Å². The van der Waals surface area contributed by atoms with Gasteiger partial charge in [-0.1, -0.05) is 6.07 Å². The van der Waals surface area contributed by atoms with Crippen LogP contribution in [-0.2, 0) is 13.0 Å². The number of fused-ring (bicyclic) bond motifs is 1. The predicted octanol–water partition coefficient (Wildman–Crippen LogP) is 1.12. The van der Waals surface area contributed by atoms with Crippen LogP contribution < -0.4 is 0 Å². The van der Waals surface area contributed by atoms with Crippen molar-refractivity contribution in [1.82, 2.24) is 9.97 Å². The number of H-pyrrole nitrogens is 1. The van der Waals surface area contributed by atoms with E-state index >= 15 is 0 Å². The average Bonchev–Trinajstić information content (AvgIpc) is 2.59. The minimum Gasteiger partial charge on any atom is -0.392 e. The quantitative estimate of drug-likeness (QED) is 0.739. The minimum atomic E-state index is 0.0164. The summed E-state index contributed by atoms with van der Waals surface area (Å²) < 4.78 is 0. The summed E-state index contributed by atoms with van der Waals surface area (Å²) in [5, 5.41) is 17.4. The van der Waals surface area contributed by atoms with E-state index in [9.17, 15) is 0 Å². The van der Waals surface area contributed by atoms with Crippen LogP contribution in [0.5, 0.6) is 0 Å². The molecule has 70 valence electrons. The van der Waals surface area contributed by atoms with Crippen molar-refractivity contribution in [1.29, 1.82) is 5.26 Å². The summed E-state index contributed by atoms with van der Waals surface area (Å²) in [5.74, 6) is 0.664. The number of aliphatic hydroxyl groups excluding tert-OH is 1. The molecule has 0 bridgehead atoms. The highest BCUT2D eigenvalue weighted by Gasteiger charge is 2.02. The first-order valence-electron chi connectivity index (χ1n) is 4.29. The molecule has 0 amide bonds. The van der Waals surface area contributed by atoms with Crippen molar-refractivity contribution >= 4 is 11.0 Å². The van der Waals surface area contributed by atoms with Gasteiger partial charge in [-0.25, -0.2) is 4.98 Å². The van der Waals surface area contributed by atoms with E-state index in [0.29, 0.717) is 5.82 Å². The molecule has 0 saturated carbocycles. The first-order chi connectivity index (χ1) is 6.83. The summed E-state index contributed by atoms with van der Waals surface area (Å²) in [5.41, 5.74) is 2.53. The lowest BCUT2D eigenvalue weighted by Gasteiger charge is -1.93. The van der Waals surface area contributed by atoms with Gasteiger partial charge in [0.15, 0.2) is 0 Å². The van der Waals surface area contributed by atoms with Crippen LogP contribution in [0.25, 0.3) is 11.0 Å². The van der Waals surface area contributed by atoms with E-state index in [1.165, 1.54) is 0 Å². The van der Waals surface area contributed by atoms with Gasteiger partial charge in [-0.2, -0.15) is 5.26 Å². The normalized spacial score (nSPS) is 10.3. The highest BCUT2D eigenvalue weighted by molar-refractivity contribution is 5.75. The van der Waals surface area contributed by atoms with Crippen molar-refractivity contribution in [2.45, 2.75) is 13.0 Å². The molecule has 4 nitrogen and oxygen atoms in total. The van der Waals surface area contributed by atoms with E-state index in [0.717, 1.165) is 16.6 Å². The molecule has 0 spiro atoms. The lowest BCUT2D eigenvalue weighted by molar-refractivity contribution is 0.282. The summed E-state index contributed by atoms with van der Waals surface area (Å²) in [6.07, 6.45) is 0.281. The van der Waals surface area contributed by atoms with Gasteiger partial charge in [0.25, 0.3) is 0 Å². The molecule has 0 atom stereocenters. The standard InChI is InChI=1S/C10H9N3O/c11-4-3-10-12-8-2-1-7(6-14)5-9(8)13-10/h1-2,5,14H,3,6H2,(H,12,13). The van der Waals surface area contributed by atoms with Crippen molar-refractivity contribution in [2.75, 3.05) is 0 Å². The molecule has 1 heterocycles. The van der Waals surface area contributed by atoms with E-state index in [1.54, 1.807) is 0 Å². The molecule has 1 aromatic carbocycles. The van der Waals surface area contributed by atoms with E-state index < -0.39 is 0 Å². The Hall–Kier alpha value is -1.86. The largest absolute Gasteiger partial charge is 0.392 e. The van der Waals surface area contributed by atoms with Crippen molar-refractivity contribution in [3.63, 3.8) is 0 Å². The maximum absolute atomic E-state index is 8.92. The SMILES string of the molecule is N#CCc1nc2ccc(CO)cc2[nH]1. The Morgan fingerprint density at radius 1 is 1.50 bits per heavy atom. The van der Waals surface area contributed by atoms with Crippen LogP contribution in [0.2, 0.25) is 0 Å². The molecule has 14 heavy (non-hydrogen) atoms. The van der Waals surface area contributed by atoms with Gasteiger partial charge in [-0.15, -0.1) is 0 Å². The molecule has 4 heteroatoms. The van der Waals surface area contributed by atoms with Crippen molar-refractivity contribution in [2.24, 2.45) is 0 Å². The summed E-state index contributed by atoms with van der Waals surface area (Å²) in [7, 11) is 0. The second-order valence-electron chi connectivity index (χ2n) is 3.03. The third kappa shape index (κ3) is 1.45. The van der Waals surface area contributed by atoms with Gasteiger partial charge >= 0.3 is 0 Å². The van der Waals surface area contributed by atoms with Crippen LogP contribution in [-0.4, -0.2) is 15.1 Å². The maximum atomic E-state index is 8.92. The number of imidazole rings is 1. The Labute approximate surface area is 80.8 Å². The average molecular weight is 187 g/mol. The zero-order valence-electron chi connectivity index (χ0n) is 7.49. The van der Waals surface area contributed by atoms with E-state index in [-0.39, 0.29) is 13.0 Å². The number of benzene rings is 1. The van der Waals surface area contributed by atoms with Crippen LogP contribution in [0.4, 0.5) is 0 Å². The fourth-order valence-electron chi connectivity index (χ4n) is 1.37. The van der Waals surface area contributed by atoms with Crippen LogP contribution >= 0.6 is 0 Å². The lowest BCUT2D eigenvalue weighted by Crippen LogP contribution is -1.82. The summed E-state index contributed by atoms with van der Waals surface area (Å²) >= 11 is 0. The first-order valence-corrected chi connectivity index (χ1v) is 4.29. The fraction of sp³-hybridized carbons (Fsp3) is 0.200. The number of hydrogen-bond acceptors (Lipinski definition) is 3. The van der Waals surface area contributed by atoms with E-state index in [2.05, 4.69) is 9.97 Å². The third-order valence-electron chi connectivity index (χ3n) is 2.02. The topological polar surface area (TPSA) is 72.7 Å². The summed E-state index contributed by atoms with van der Waals surface area (Å²) in [4.78, 5) is 7.24. The Kier molecular flexibility index (Phi) is 2.17. The van der Waals surface area contributed by atoms with Crippen molar-refractivity contribution in [3.05, 3.63) is 29.6 Å². The molecule has 2 rings (SSSR count). The molecule has 0 fully saturated rings. The minimum absolute atomic E-state index is 0.0164. The second kappa shape index (κ2) is 3.48. The van der Waals surface area contributed by atoms with Crippen molar-refractivity contribution in [3.8, 4) is 6.07 Å². The number of aromatic nitrogens is 2. The molecule has 0 aliphatic heterocycles. The van der Waals surface area contributed by atoms with E-state index in [1.807, 2.05) is 24.3 Å². The van der Waals surface area contributed by atoms with Crippen LogP contribution in [0.1, 0.15) is 11.4 Å². The monoisotopic (exact) mass is 187 g/mol. The maximum Gasteiger partial charge on any atom is 0.121 e. The Balaban J connectivity index is 2.50.